The van der Waals surface area contributed by atoms with Gasteiger partial charge in [-0.3, -0.25) is 4.79 Å². The average Bonchev–Trinajstić information content (AvgIpc) is 3.33. The van der Waals surface area contributed by atoms with Crippen molar-refractivity contribution in [3.63, 3.8) is 0 Å². The lowest BCUT2D eigenvalue weighted by Gasteiger charge is -2.37. The first-order chi connectivity index (χ1) is 15.9. The number of nitrogens with two attached hydrogens (primary N) is 1. The zero-order valence-corrected chi connectivity index (χ0v) is 20.2. The lowest BCUT2D eigenvalue weighted by atomic mass is 9.97. The fraction of sp³-hybridized carbons (Fsp3) is 0.308. The Balaban J connectivity index is 0.00000274. The number of halogens is 3. The molecule has 2 aliphatic rings. The Labute approximate surface area is 207 Å². The molecule has 2 bridgehead atoms. The molecular formula is C26H24ClF2N3OS. The molecule has 0 aliphatic carbocycles. The van der Waals surface area contributed by atoms with Crippen molar-refractivity contribution in [3.05, 3.63) is 70.1 Å². The second kappa shape index (κ2) is 9.46. The van der Waals surface area contributed by atoms with E-state index in [0.717, 1.165) is 31.2 Å². The summed E-state index contributed by atoms with van der Waals surface area (Å²) in [4.78, 5) is 16.6. The van der Waals surface area contributed by atoms with Crippen molar-refractivity contribution in [2.24, 2.45) is 5.73 Å². The van der Waals surface area contributed by atoms with Gasteiger partial charge in [0.15, 0.2) is 0 Å². The van der Waals surface area contributed by atoms with E-state index in [1.54, 1.807) is 18.2 Å². The number of rotatable bonds is 3. The summed E-state index contributed by atoms with van der Waals surface area (Å²) < 4.78 is 29.4. The minimum Gasteiger partial charge on any atom is -0.332 e. The van der Waals surface area contributed by atoms with Crippen molar-refractivity contribution >= 4 is 29.7 Å². The van der Waals surface area contributed by atoms with Crippen LogP contribution in [0.1, 0.15) is 46.5 Å². The molecule has 2 N–H and O–H groups in total. The van der Waals surface area contributed by atoms with Gasteiger partial charge in [0.1, 0.15) is 17.7 Å². The van der Waals surface area contributed by atoms with E-state index in [9.17, 15) is 13.6 Å². The summed E-state index contributed by atoms with van der Waals surface area (Å²) in [7, 11) is 0. The number of nitrogens with zero attached hydrogens (tertiary/aromatic N) is 2. The van der Waals surface area contributed by atoms with Crippen LogP contribution in [-0.2, 0) is 0 Å². The number of aryl methyl sites for hydroxylation is 1. The Hall–Kier alpha value is -2.79. The molecule has 2 saturated heterocycles. The lowest BCUT2D eigenvalue weighted by molar-refractivity contribution is 0.0580. The quantitative estimate of drug-likeness (QED) is 0.476. The van der Waals surface area contributed by atoms with Crippen LogP contribution in [0.5, 0.6) is 0 Å². The third kappa shape index (κ3) is 4.22. The third-order valence-corrected chi connectivity index (χ3v) is 7.87. The summed E-state index contributed by atoms with van der Waals surface area (Å²) in [5, 5.41) is 9.07. The van der Waals surface area contributed by atoms with Gasteiger partial charge in [0.2, 0.25) is 0 Å². The van der Waals surface area contributed by atoms with E-state index in [1.807, 2.05) is 24.0 Å². The highest BCUT2D eigenvalue weighted by Gasteiger charge is 2.43. The molecule has 1 aromatic heterocycles. The van der Waals surface area contributed by atoms with Crippen LogP contribution in [0.3, 0.4) is 0 Å². The van der Waals surface area contributed by atoms with E-state index in [1.165, 1.54) is 29.5 Å². The number of benzene rings is 2. The number of amides is 1. The Morgan fingerprint density at radius 2 is 1.76 bits per heavy atom. The summed E-state index contributed by atoms with van der Waals surface area (Å²) in [6.07, 6.45) is 3.48. The van der Waals surface area contributed by atoms with Gasteiger partial charge in [-0.05, 0) is 68.0 Å². The van der Waals surface area contributed by atoms with E-state index in [4.69, 9.17) is 11.0 Å². The van der Waals surface area contributed by atoms with Crippen molar-refractivity contribution in [2.75, 3.05) is 0 Å². The van der Waals surface area contributed by atoms with E-state index in [2.05, 4.69) is 0 Å². The highest BCUT2D eigenvalue weighted by Crippen LogP contribution is 2.43. The second-order valence-electron chi connectivity index (χ2n) is 8.97. The van der Waals surface area contributed by atoms with Crippen molar-refractivity contribution in [2.45, 2.75) is 50.7 Å². The number of hydrogen-bond acceptors (Lipinski definition) is 4. The molecular weight excluding hydrogens is 476 g/mol. The molecule has 2 aromatic carbocycles. The van der Waals surface area contributed by atoms with Crippen molar-refractivity contribution in [1.82, 2.24) is 4.90 Å². The van der Waals surface area contributed by atoms with Crippen LogP contribution >= 0.6 is 23.7 Å². The van der Waals surface area contributed by atoms with Gasteiger partial charge in [-0.1, -0.05) is 18.2 Å². The maximum atomic E-state index is 15.0. The molecule has 0 spiro atoms. The minimum absolute atomic E-state index is 0. The molecule has 2 unspecified atom stereocenters. The van der Waals surface area contributed by atoms with Crippen molar-refractivity contribution in [3.8, 4) is 27.6 Å². The summed E-state index contributed by atoms with van der Waals surface area (Å²) in [5.74, 6) is -1.11. The fourth-order valence-electron chi connectivity index (χ4n) is 5.17. The van der Waals surface area contributed by atoms with Gasteiger partial charge in [-0.25, -0.2) is 8.78 Å². The van der Waals surface area contributed by atoms with Crippen LogP contribution < -0.4 is 5.73 Å². The normalized spacial score (nSPS) is 21.1. The van der Waals surface area contributed by atoms with Gasteiger partial charge in [-0.15, -0.1) is 23.7 Å². The number of fused-ring (bicyclic) bond motifs is 2. The third-order valence-electron chi connectivity index (χ3n) is 6.72. The van der Waals surface area contributed by atoms with E-state index in [-0.39, 0.29) is 42.0 Å². The Morgan fingerprint density at radius 1 is 1.06 bits per heavy atom. The summed E-state index contributed by atoms with van der Waals surface area (Å²) in [6, 6.07) is 13.2. The molecule has 5 rings (SSSR count). The number of nitriles is 1. The monoisotopic (exact) mass is 499 g/mol. The zero-order chi connectivity index (χ0) is 23.3. The molecule has 8 heteroatoms. The molecule has 176 valence electrons. The van der Waals surface area contributed by atoms with E-state index >= 15 is 0 Å². The Kier molecular flexibility index (Phi) is 6.77. The van der Waals surface area contributed by atoms with Gasteiger partial charge in [0, 0.05) is 34.1 Å². The molecule has 4 nitrogen and oxygen atoms in total. The predicted molar refractivity (Wildman–Crippen MR) is 132 cm³/mol. The van der Waals surface area contributed by atoms with Crippen LogP contribution in [0.4, 0.5) is 8.78 Å². The van der Waals surface area contributed by atoms with E-state index in [0.29, 0.717) is 26.4 Å². The highest BCUT2D eigenvalue weighted by molar-refractivity contribution is 7.18. The average molecular weight is 500 g/mol. The van der Waals surface area contributed by atoms with Crippen LogP contribution in [0.15, 0.2) is 42.5 Å². The Morgan fingerprint density at radius 3 is 2.38 bits per heavy atom. The van der Waals surface area contributed by atoms with Gasteiger partial charge >= 0.3 is 0 Å². The standard InChI is InChI=1S/C26H23F2N3OS.ClH/c1-14-2-7-20(23(28)8-14)25-21(15-3-4-16(13-29)22(27)9-15)12-24(33-25)26(32)31-18-5-6-19(31)11-17(30)10-18;/h2-4,7-9,12,17-19H,5-6,10-11,30H2,1H3;1H. The smallest absolute Gasteiger partial charge is 0.264 e. The first-order valence-corrected chi connectivity index (χ1v) is 11.9. The van der Waals surface area contributed by atoms with Gasteiger partial charge in [0.25, 0.3) is 5.91 Å². The number of carbonyl (C=O) groups is 1. The zero-order valence-electron chi connectivity index (χ0n) is 18.6. The molecule has 3 aromatic rings. The van der Waals surface area contributed by atoms with Crippen LogP contribution in [-0.4, -0.2) is 28.9 Å². The first kappa shape index (κ1) is 24.3. The molecule has 0 radical (unpaired) electrons. The van der Waals surface area contributed by atoms with Crippen LogP contribution in [0.2, 0.25) is 0 Å². The number of hydrogen-bond donors (Lipinski definition) is 1. The van der Waals surface area contributed by atoms with Crippen LogP contribution in [0.25, 0.3) is 21.6 Å². The van der Waals surface area contributed by atoms with Gasteiger partial charge in [-0.2, -0.15) is 5.26 Å². The summed E-state index contributed by atoms with van der Waals surface area (Å²) in [5.41, 5.74) is 8.34. The van der Waals surface area contributed by atoms with Crippen molar-refractivity contribution < 1.29 is 13.6 Å². The highest BCUT2D eigenvalue weighted by atomic mass is 35.5. The summed E-state index contributed by atoms with van der Waals surface area (Å²) >= 11 is 1.23. The molecule has 0 saturated carbocycles. The molecule has 2 aliphatic heterocycles. The molecule has 2 fully saturated rings. The molecule has 2 atom stereocenters. The molecule has 34 heavy (non-hydrogen) atoms. The predicted octanol–water partition coefficient (Wildman–Crippen LogP) is 6.06. The maximum absolute atomic E-state index is 15.0. The molecule has 3 heterocycles. The lowest BCUT2D eigenvalue weighted by Crippen LogP contribution is -2.49. The van der Waals surface area contributed by atoms with Crippen molar-refractivity contribution in [1.29, 1.82) is 5.26 Å². The van der Waals surface area contributed by atoms with Gasteiger partial charge < -0.3 is 10.6 Å². The number of carbonyl (C=O) groups excluding carboxylic acids is 1. The number of piperidine rings is 1. The van der Waals surface area contributed by atoms with Crippen LogP contribution in [0, 0.1) is 29.9 Å². The minimum atomic E-state index is -0.646. The second-order valence-corrected chi connectivity index (χ2v) is 10.0. The first-order valence-electron chi connectivity index (χ1n) is 11.0. The molecule has 1 amide bonds. The fourth-order valence-corrected chi connectivity index (χ4v) is 6.32. The Bertz CT molecular complexity index is 1290. The number of thiophene rings is 1. The largest absolute Gasteiger partial charge is 0.332 e. The SMILES string of the molecule is Cc1ccc(-c2sc(C(=O)N3C4CCC3CC(N)C4)cc2-c2ccc(C#N)c(F)c2)c(F)c1.Cl. The maximum Gasteiger partial charge on any atom is 0.264 e. The topological polar surface area (TPSA) is 70.1 Å². The van der Waals surface area contributed by atoms with E-state index < -0.39 is 11.6 Å². The summed E-state index contributed by atoms with van der Waals surface area (Å²) in [6.45, 7) is 1.81. The van der Waals surface area contributed by atoms with Gasteiger partial charge in [0.05, 0.1) is 10.4 Å².